The quantitative estimate of drug-likeness (QED) is 0.687. The van der Waals surface area contributed by atoms with Crippen LogP contribution in [0.3, 0.4) is 0 Å². The van der Waals surface area contributed by atoms with Crippen molar-refractivity contribution in [3.05, 3.63) is 21.9 Å². The Morgan fingerprint density at radius 2 is 1.95 bits per heavy atom. The maximum atomic E-state index is 12.0. The lowest BCUT2D eigenvalue weighted by Gasteiger charge is -2.14. The number of aryl methyl sites for hydroxylation is 1. The zero-order valence-corrected chi connectivity index (χ0v) is 13.5. The van der Waals surface area contributed by atoms with E-state index in [0.717, 1.165) is 24.3 Å². The molecule has 4 nitrogen and oxygen atoms in total. The van der Waals surface area contributed by atoms with E-state index in [2.05, 4.69) is 30.0 Å². The molecular formula is C13H24N2O2S2. The average molecular weight is 304 g/mol. The van der Waals surface area contributed by atoms with Crippen molar-refractivity contribution in [2.45, 2.75) is 45.4 Å². The molecule has 110 valence electrons. The number of nitrogens with one attached hydrogen (secondary N) is 2. The fourth-order valence-corrected chi connectivity index (χ4v) is 3.58. The van der Waals surface area contributed by atoms with Crippen LogP contribution in [0.4, 0.5) is 0 Å². The Hall–Kier alpha value is -0.430. The summed E-state index contributed by atoms with van der Waals surface area (Å²) in [4.78, 5) is 2.35. The van der Waals surface area contributed by atoms with Gasteiger partial charge in [0.05, 0.1) is 5.25 Å². The Labute approximate surface area is 120 Å². The normalized spacial score (nSPS) is 13.6. The molecule has 0 radical (unpaired) electrons. The molecule has 0 aliphatic carbocycles. The predicted molar refractivity (Wildman–Crippen MR) is 82.1 cm³/mol. The lowest BCUT2D eigenvalue weighted by molar-refractivity contribution is 0.557. The van der Waals surface area contributed by atoms with Gasteiger partial charge in [-0.25, -0.2) is 13.1 Å². The summed E-state index contributed by atoms with van der Waals surface area (Å²) in [6.45, 7) is 7.63. The fraction of sp³-hybridized carbons (Fsp3) is 0.692. The third-order valence-electron chi connectivity index (χ3n) is 2.90. The Bertz CT molecular complexity index is 469. The van der Waals surface area contributed by atoms with Crippen molar-refractivity contribution in [1.29, 1.82) is 0 Å². The van der Waals surface area contributed by atoms with Crippen molar-refractivity contribution in [3.63, 3.8) is 0 Å². The van der Waals surface area contributed by atoms with Gasteiger partial charge in [0.25, 0.3) is 0 Å². The molecule has 0 aliphatic heterocycles. The summed E-state index contributed by atoms with van der Waals surface area (Å²) in [7, 11) is -3.24. The predicted octanol–water partition coefficient (Wildman–Crippen LogP) is 2.12. The summed E-state index contributed by atoms with van der Waals surface area (Å²) in [5.74, 6) is 0. The largest absolute Gasteiger partial charge is 0.315 e. The Morgan fingerprint density at radius 1 is 1.26 bits per heavy atom. The molecule has 1 aromatic rings. The third kappa shape index (κ3) is 5.60. The molecule has 0 aromatic carbocycles. The highest BCUT2D eigenvalue weighted by Crippen LogP contribution is 2.17. The SMILES string of the molecule is CCCNCC(C)S(=O)(=O)NCc1ccc(CC)s1. The van der Waals surface area contributed by atoms with E-state index in [1.54, 1.807) is 18.3 Å². The lowest BCUT2D eigenvalue weighted by atomic mass is 10.4. The van der Waals surface area contributed by atoms with E-state index in [-0.39, 0.29) is 0 Å². The highest BCUT2D eigenvalue weighted by atomic mass is 32.2. The minimum atomic E-state index is -3.24. The summed E-state index contributed by atoms with van der Waals surface area (Å²) in [6.07, 6.45) is 2.00. The number of thiophene rings is 1. The van der Waals surface area contributed by atoms with Gasteiger partial charge in [-0.3, -0.25) is 0 Å². The van der Waals surface area contributed by atoms with Crippen LogP contribution < -0.4 is 10.0 Å². The van der Waals surface area contributed by atoms with Crippen molar-refractivity contribution in [3.8, 4) is 0 Å². The second kappa shape index (κ2) is 7.99. The first-order valence-electron chi connectivity index (χ1n) is 6.76. The van der Waals surface area contributed by atoms with E-state index >= 15 is 0 Å². The van der Waals surface area contributed by atoms with Crippen LogP contribution in [0.5, 0.6) is 0 Å². The maximum absolute atomic E-state index is 12.0. The van der Waals surface area contributed by atoms with Gasteiger partial charge >= 0.3 is 0 Å². The van der Waals surface area contributed by atoms with E-state index < -0.39 is 15.3 Å². The zero-order valence-electron chi connectivity index (χ0n) is 11.9. The Morgan fingerprint density at radius 3 is 2.53 bits per heavy atom. The van der Waals surface area contributed by atoms with Crippen LogP contribution in [0.15, 0.2) is 12.1 Å². The molecule has 0 spiro atoms. The topological polar surface area (TPSA) is 58.2 Å². The third-order valence-corrected chi connectivity index (χ3v) is 5.90. The molecule has 1 aromatic heterocycles. The maximum Gasteiger partial charge on any atom is 0.215 e. The molecule has 1 atom stereocenters. The summed E-state index contributed by atoms with van der Waals surface area (Å²) >= 11 is 1.66. The average Bonchev–Trinajstić information content (AvgIpc) is 2.84. The zero-order chi connectivity index (χ0) is 14.3. The van der Waals surface area contributed by atoms with Crippen molar-refractivity contribution < 1.29 is 8.42 Å². The van der Waals surface area contributed by atoms with E-state index in [9.17, 15) is 8.42 Å². The van der Waals surface area contributed by atoms with Crippen molar-refractivity contribution in [1.82, 2.24) is 10.0 Å². The lowest BCUT2D eigenvalue weighted by Crippen LogP contribution is -2.38. The molecule has 2 N–H and O–H groups in total. The van der Waals surface area contributed by atoms with E-state index in [0.29, 0.717) is 13.1 Å². The molecule has 19 heavy (non-hydrogen) atoms. The monoisotopic (exact) mass is 304 g/mol. The summed E-state index contributed by atoms with van der Waals surface area (Å²) in [5, 5.41) is 2.72. The van der Waals surface area contributed by atoms with Crippen LogP contribution >= 0.6 is 11.3 Å². The van der Waals surface area contributed by atoms with Crippen LogP contribution in [0.25, 0.3) is 0 Å². The number of rotatable bonds is 9. The van der Waals surface area contributed by atoms with Gasteiger partial charge in [0.1, 0.15) is 0 Å². The minimum Gasteiger partial charge on any atom is -0.315 e. The molecule has 6 heteroatoms. The summed E-state index contributed by atoms with van der Waals surface area (Å²) in [5.41, 5.74) is 0. The molecular weight excluding hydrogens is 280 g/mol. The van der Waals surface area contributed by atoms with E-state index in [4.69, 9.17) is 0 Å². The molecule has 0 bridgehead atoms. The fourth-order valence-electron chi connectivity index (χ4n) is 1.61. The second-order valence-corrected chi connectivity index (χ2v) is 8.04. The molecule has 1 rings (SSSR count). The van der Waals surface area contributed by atoms with Gasteiger partial charge in [-0.15, -0.1) is 11.3 Å². The highest BCUT2D eigenvalue weighted by molar-refractivity contribution is 7.90. The molecule has 1 heterocycles. The molecule has 0 saturated heterocycles. The smallest absolute Gasteiger partial charge is 0.215 e. The number of sulfonamides is 1. The molecule has 0 saturated carbocycles. The molecule has 0 fully saturated rings. The molecule has 0 aliphatic rings. The summed E-state index contributed by atoms with van der Waals surface area (Å²) < 4.78 is 26.7. The van der Waals surface area contributed by atoms with Gasteiger partial charge in [-0.2, -0.15) is 0 Å². The van der Waals surface area contributed by atoms with Crippen molar-refractivity contribution in [2.75, 3.05) is 13.1 Å². The summed E-state index contributed by atoms with van der Waals surface area (Å²) in [6, 6.07) is 4.05. The minimum absolute atomic E-state index is 0.394. The second-order valence-electron chi connectivity index (χ2n) is 4.60. The van der Waals surface area contributed by atoms with Gasteiger partial charge in [0.2, 0.25) is 10.0 Å². The van der Waals surface area contributed by atoms with Gasteiger partial charge in [-0.05, 0) is 38.4 Å². The Kier molecular flexibility index (Phi) is 6.99. The van der Waals surface area contributed by atoms with Gasteiger partial charge < -0.3 is 5.32 Å². The van der Waals surface area contributed by atoms with Crippen LogP contribution in [-0.4, -0.2) is 26.8 Å². The van der Waals surface area contributed by atoms with Crippen molar-refractivity contribution in [2.24, 2.45) is 0 Å². The first-order chi connectivity index (χ1) is 8.99. The number of hydrogen-bond donors (Lipinski definition) is 2. The van der Waals surface area contributed by atoms with Crippen LogP contribution in [0.2, 0.25) is 0 Å². The van der Waals surface area contributed by atoms with Crippen molar-refractivity contribution >= 4 is 21.4 Å². The first kappa shape index (κ1) is 16.6. The standard InChI is InChI=1S/C13H24N2O2S2/c1-4-8-14-9-11(3)19(16,17)15-10-13-7-6-12(5-2)18-13/h6-7,11,14-15H,4-5,8-10H2,1-3H3. The van der Waals surface area contributed by atoms with Gasteiger partial charge in [0.15, 0.2) is 0 Å². The Balaban J connectivity index is 2.45. The highest BCUT2D eigenvalue weighted by Gasteiger charge is 2.19. The van der Waals surface area contributed by atoms with Crippen LogP contribution in [-0.2, 0) is 23.0 Å². The van der Waals surface area contributed by atoms with Gasteiger partial charge in [-0.1, -0.05) is 13.8 Å². The first-order valence-corrected chi connectivity index (χ1v) is 9.12. The number of hydrogen-bond acceptors (Lipinski definition) is 4. The van der Waals surface area contributed by atoms with E-state index in [1.807, 2.05) is 6.07 Å². The molecule has 0 amide bonds. The van der Waals surface area contributed by atoms with Crippen LogP contribution in [0, 0.1) is 0 Å². The van der Waals surface area contributed by atoms with E-state index in [1.165, 1.54) is 4.88 Å². The van der Waals surface area contributed by atoms with Gasteiger partial charge in [0, 0.05) is 22.8 Å². The molecule has 1 unspecified atom stereocenters. The van der Waals surface area contributed by atoms with Crippen LogP contribution in [0.1, 0.15) is 36.9 Å².